The molecule has 31 nitrogen and oxygen atoms in total. The number of nitrogens with zero attached hydrogens (tertiary/aromatic N) is 3. The van der Waals surface area contributed by atoms with Gasteiger partial charge >= 0.3 is 0 Å². The number of hydrogen-bond acceptors (Lipinski definition) is 16. The number of phenolic OH excluding ortho intramolecular Hbond substituents is 1. The number of hydrogen-bond donors (Lipinski definition) is 17. The van der Waals surface area contributed by atoms with Crippen LogP contribution >= 0.6 is 0 Å². The Balaban J connectivity index is 1.23. The number of nitrogens with one attached hydrogen (secondary N) is 11. The number of likely N-dealkylation sites (tertiary alicyclic amines) is 1. The molecule has 11 amide bonds. The van der Waals surface area contributed by atoms with Crippen LogP contribution in [0.1, 0.15) is 94.9 Å². The number of carbonyl (C=O) groups excluding carboxylic acids is 11. The van der Waals surface area contributed by atoms with E-state index in [1.165, 1.54) is 41.7 Å². The van der Waals surface area contributed by atoms with Crippen molar-refractivity contribution in [2.24, 2.45) is 33.8 Å². The number of aliphatic imine (C=N–C) groups is 1. The van der Waals surface area contributed by atoms with Crippen LogP contribution in [0.3, 0.4) is 0 Å². The van der Waals surface area contributed by atoms with E-state index in [0.29, 0.717) is 47.0 Å². The van der Waals surface area contributed by atoms with Gasteiger partial charge in [0.05, 0.1) is 19.5 Å². The molecule has 2 aliphatic rings. The Labute approximate surface area is 519 Å². The largest absolute Gasteiger partial charge is 0.508 e. The fourth-order valence-corrected chi connectivity index (χ4v) is 10.6. The summed E-state index contributed by atoms with van der Waals surface area (Å²) in [5.74, 6) is -8.89. The summed E-state index contributed by atoms with van der Waals surface area (Å²) in [7, 11) is 0. The number of aliphatic hydroxyl groups excluding tert-OH is 1. The quantitative estimate of drug-likeness (QED) is 0.0119. The first-order valence-corrected chi connectivity index (χ1v) is 30.0. The number of aromatic hydroxyl groups is 1. The molecule has 6 rings (SSSR count). The first-order valence-electron chi connectivity index (χ1n) is 30.0. The van der Waals surface area contributed by atoms with E-state index in [1.54, 1.807) is 44.3 Å². The fraction of sp³-hybridized carbons (Fsp3) is 0.508. The van der Waals surface area contributed by atoms with Gasteiger partial charge < -0.3 is 95.9 Å². The second-order valence-corrected chi connectivity index (χ2v) is 22.7. The zero-order valence-electron chi connectivity index (χ0n) is 50.4. The monoisotopic (exact) mass is 1250 g/mol. The molecule has 21 N–H and O–H groups in total. The summed E-state index contributed by atoms with van der Waals surface area (Å²) in [5.41, 5.74) is 24.3. The van der Waals surface area contributed by atoms with Crippen molar-refractivity contribution in [1.29, 1.82) is 0 Å². The van der Waals surface area contributed by atoms with Crippen LogP contribution in [-0.2, 0) is 72.0 Å². The standard InChI is InChI=1S/C59H84N18O13/c1-32(2)23-42(52(84)71-41(12-7-21-65-59(62)63)58(90)77-22-8-13-47(77)57(89)67-29-48(61)80)72-50(82)39(11-5-6-20-60)70-53(85)43(24-33-14-16-36(79)17-15-33)73-56(88)46(30-78)76-54(86)44(25-34-27-66-38-10-4-3-9-37(34)38)74-55(87)45(26-35-28-64-31-68-35)75-51(83)40-18-19-49(81)69-40/h3-4,9-10,14-17,27-28,31-32,39-47,66,78-79H,5-8,11-13,18-26,29-30,60H2,1-2H3,(H2,61,80)(H,64,68)(H,67,89)(H,69,81)(H,70,85)(H,71,84)(H,72,82)(H,73,88)(H,74,87)(H,75,83)(H,76,86)(H4,62,63,65). The molecule has 2 aromatic heterocycles. The molecule has 2 saturated heterocycles. The Bertz CT molecular complexity index is 3170. The molecule has 2 aromatic carbocycles. The van der Waals surface area contributed by atoms with Crippen LogP contribution in [0.4, 0.5) is 0 Å². The smallest absolute Gasteiger partial charge is 0.245 e. The molecular weight excluding hydrogens is 1170 g/mol. The van der Waals surface area contributed by atoms with Gasteiger partial charge in [-0.05, 0) is 99.6 Å². The minimum atomic E-state index is -1.78. The van der Waals surface area contributed by atoms with Crippen molar-refractivity contribution in [1.82, 2.24) is 67.7 Å². The van der Waals surface area contributed by atoms with Gasteiger partial charge in [-0.1, -0.05) is 44.2 Å². The average molecular weight is 1250 g/mol. The molecule has 31 heteroatoms. The predicted molar refractivity (Wildman–Crippen MR) is 327 cm³/mol. The topological polar surface area (TPSA) is 501 Å². The predicted octanol–water partition coefficient (Wildman–Crippen LogP) is -3.89. The lowest BCUT2D eigenvalue weighted by atomic mass is 10.00. The third-order valence-corrected chi connectivity index (χ3v) is 15.2. The minimum absolute atomic E-state index is 0.00338. The second-order valence-electron chi connectivity index (χ2n) is 22.7. The number of carbonyl (C=O) groups is 11. The Morgan fingerprint density at radius 3 is 1.94 bits per heavy atom. The maximum absolute atomic E-state index is 14.7. The number of aromatic amines is 2. The second kappa shape index (κ2) is 34.2. The molecule has 0 aliphatic carbocycles. The van der Waals surface area contributed by atoms with Crippen LogP contribution in [0, 0.1) is 5.92 Å². The molecule has 0 bridgehead atoms. The Morgan fingerprint density at radius 1 is 0.700 bits per heavy atom. The third kappa shape index (κ3) is 21.0. The van der Waals surface area contributed by atoms with E-state index >= 15 is 0 Å². The van der Waals surface area contributed by atoms with Gasteiger partial charge in [-0.25, -0.2) is 4.98 Å². The van der Waals surface area contributed by atoms with E-state index in [9.17, 15) is 63.0 Å². The number of aliphatic hydroxyl groups is 1. The number of aromatic nitrogens is 3. The summed E-state index contributed by atoms with van der Waals surface area (Å²) >= 11 is 0. The van der Waals surface area contributed by atoms with Gasteiger partial charge in [0.2, 0.25) is 65.0 Å². The lowest BCUT2D eigenvalue weighted by molar-refractivity contribution is -0.142. The van der Waals surface area contributed by atoms with Crippen LogP contribution in [0.25, 0.3) is 10.9 Å². The molecule has 9 atom stereocenters. The number of nitrogens with two attached hydrogens (primary N) is 4. The van der Waals surface area contributed by atoms with Crippen LogP contribution in [0.5, 0.6) is 5.75 Å². The van der Waals surface area contributed by atoms with Gasteiger partial charge in [0.25, 0.3) is 0 Å². The van der Waals surface area contributed by atoms with E-state index in [2.05, 4.69) is 67.8 Å². The van der Waals surface area contributed by atoms with Crippen molar-refractivity contribution < 1.29 is 63.0 Å². The summed E-state index contributed by atoms with van der Waals surface area (Å²) in [6.45, 7) is 2.57. The number of primary amides is 1. The van der Waals surface area contributed by atoms with Crippen molar-refractivity contribution in [3.63, 3.8) is 0 Å². The molecule has 2 aliphatic heterocycles. The first kappa shape index (κ1) is 69.5. The molecule has 0 spiro atoms. The minimum Gasteiger partial charge on any atom is -0.508 e. The number of unbranched alkanes of at least 4 members (excludes halogenated alkanes) is 1. The van der Waals surface area contributed by atoms with Crippen LogP contribution < -0.4 is 70.8 Å². The Morgan fingerprint density at radius 2 is 1.31 bits per heavy atom. The van der Waals surface area contributed by atoms with Crippen molar-refractivity contribution in [3.8, 4) is 5.75 Å². The van der Waals surface area contributed by atoms with E-state index in [-0.39, 0.29) is 107 Å². The molecular formula is C59H84N18O13. The first-order chi connectivity index (χ1) is 43.0. The van der Waals surface area contributed by atoms with Gasteiger partial charge in [-0.15, -0.1) is 0 Å². The van der Waals surface area contributed by atoms with E-state index in [4.69, 9.17) is 22.9 Å². The van der Waals surface area contributed by atoms with E-state index in [1.807, 2.05) is 0 Å². The summed E-state index contributed by atoms with van der Waals surface area (Å²) in [5, 5.41) is 45.3. The molecule has 488 valence electrons. The zero-order valence-corrected chi connectivity index (χ0v) is 50.4. The number of phenols is 1. The Hall–Kier alpha value is -9.65. The van der Waals surface area contributed by atoms with E-state index < -0.39 is 127 Å². The summed E-state index contributed by atoms with van der Waals surface area (Å²) in [6.07, 6.45) is 5.83. The van der Waals surface area contributed by atoms with Crippen LogP contribution in [0.2, 0.25) is 0 Å². The zero-order chi connectivity index (χ0) is 65.4. The highest BCUT2D eigenvalue weighted by molar-refractivity contribution is 6.00. The fourth-order valence-electron chi connectivity index (χ4n) is 10.6. The number of guanidine groups is 1. The lowest BCUT2D eigenvalue weighted by Gasteiger charge is -2.30. The number of amides is 11. The Kier molecular flexibility index (Phi) is 26.4. The van der Waals surface area contributed by atoms with Crippen molar-refractivity contribution >= 4 is 81.8 Å². The van der Waals surface area contributed by atoms with Gasteiger partial charge in [0.15, 0.2) is 5.96 Å². The molecule has 90 heavy (non-hydrogen) atoms. The highest BCUT2D eigenvalue weighted by Crippen LogP contribution is 2.22. The molecule has 2 fully saturated rings. The highest BCUT2D eigenvalue weighted by atomic mass is 16.3. The van der Waals surface area contributed by atoms with E-state index in [0.717, 1.165) is 0 Å². The van der Waals surface area contributed by atoms with Gasteiger partial charge in [-0.2, -0.15) is 0 Å². The lowest BCUT2D eigenvalue weighted by Crippen LogP contribution is -2.61. The van der Waals surface area contributed by atoms with Crippen molar-refractivity contribution in [2.75, 3.05) is 32.8 Å². The summed E-state index contributed by atoms with van der Waals surface area (Å²) in [4.78, 5) is 167. The van der Waals surface area contributed by atoms with Crippen LogP contribution in [0.15, 0.2) is 72.2 Å². The number of para-hydroxylation sites is 1. The molecule has 0 saturated carbocycles. The van der Waals surface area contributed by atoms with Gasteiger partial charge in [0, 0.05) is 67.8 Å². The number of fused-ring (bicyclic) bond motifs is 1. The maximum atomic E-state index is 14.7. The van der Waals surface area contributed by atoms with Crippen molar-refractivity contribution in [2.45, 2.75) is 152 Å². The highest BCUT2D eigenvalue weighted by Gasteiger charge is 2.40. The molecule has 0 radical (unpaired) electrons. The SMILES string of the molecule is CC(C)CC(NC(=O)C(CCCCN)NC(=O)C(Cc1ccc(O)cc1)NC(=O)C(CO)NC(=O)C(Cc1c[nH]c2ccccc12)NC(=O)C(Cc1cnc[nH]1)NC(=O)C1CCC(=O)N1)C(=O)NC(CCCN=C(N)N)C(=O)N1CCCC1C(=O)NCC(N)=O. The normalized spacial score (nSPS) is 16.9. The van der Waals surface area contributed by atoms with Gasteiger partial charge in [-0.3, -0.25) is 57.7 Å². The third-order valence-electron chi connectivity index (χ3n) is 15.2. The summed E-state index contributed by atoms with van der Waals surface area (Å²) < 4.78 is 0. The van der Waals surface area contributed by atoms with Crippen LogP contribution in [-0.4, -0.2) is 188 Å². The maximum Gasteiger partial charge on any atom is 0.245 e. The molecule has 9 unspecified atom stereocenters. The van der Waals surface area contributed by atoms with Gasteiger partial charge in [0.1, 0.15) is 60.1 Å². The number of imidazole rings is 1. The average Bonchev–Trinajstić information content (AvgIpc) is 3.74. The number of benzene rings is 2. The number of rotatable bonds is 35. The molecule has 4 heterocycles. The molecule has 4 aromatic rings. The summed E-state index contributed by atoms with van der Waals surface area (Å²) in [6, 6.07) is 0.871. The number of H-pyrrole nitrogens is 2. The van der Waals surface area contributed by atoms with Crippen molar-refractivity contribution in [3.05, 3.63) is 84.1 Å².